The Bertz CT molecular complexity index is 410. The molecule has 0 amide bonds. The molecule has 2 rings (SSSR count). The van der Waals surface area contributed by atoms with Gasteiger partial charge in [0.1, 0.15) is 5.75 Å². The van der Waals surface area contributed by atoms with E-state index in [1.54, 1.807) is 7.11 Å². The lowest BCUT2D eigenvalue weighted by Crippen LogP contribution is -2.57. The summed E-state index contributed by atoms with van der Waals surface area (Å²) in [6, 6.07) is 7.32. The van der Waals surface area contributed by atoms with E-state index in [2.05, 4.69) is 5.32 Å². The molecule has 5 nitrogen and oxygen atoms in total. The molecule has 18 heavy (non-hydrogen) atoms. The molecule has 0 spiro atoms. The van der Waals surface area contributed by atoms with E-state index in [1.165, 1.54) is 7.11 Å². The molecule has 1 aliphatic rings. The zero-order chi connectivity index (χ0) is 13.0. The quantitative estimate of drug-likeness (QED) is 0.801. The first-order chi connectivity index (χ1) is 8.73. The van der Waals surface area contributed by atoms with Crippen LogP contribution in [-0.4, -0.2) is 39.9 Å². The Kier molecular flexibility index (Phi) is 3.84. The smallest absolute Gasteiger partial charge is 0.333 e. The second kappa shape index (κ2) is 5.37. The summed E-state index contributed by atoms with van der Waals surface area (Å²) in [4.78, 5) is 12.0. The van der Waals surface area contributed by atoms with Gasteiger partial charge in [0.25, 0.3) is 0 Å². The van der Waals surface area contributed by atoms with E-state index < -0.39 is 5.54 Å². The van der Waals surface area contributed by atoms with Gasteiger partial charge in [-0.15, -0.1) is 0 Å². The van der Waals surface area contributed by atoms with E-state index >= 15 is 0 Å². The predicted molar refractivity (Wildman–Crippen MR) is 65.5 cm³/mol. The van der Waals surface area contributed by atoms with Gasteiger partial charge < -0.3 is 14.2 Å². The molecule has 1 aromatic rings. The van der Waals surface area contributed by atoms with E-state index in [4.69, 9.17) is 14.2 Å². The molecular formula is C13H17NO4. The van der Waals surface area contributed by atoms with Gasteiger partial charge in [-0.25, -0.2) is 4.79 Å². The summed E-state index contributed by atoms with van der Waals surface area (Å²) >= 11 is 0. The number of nitrogens with one attached hydrogen (secondary N) is 1. The van der Waals surface area contributed by atoms with Crippen LogP contribution in [0.15, 0.2) is 24.3 Å². The van der Waals surface area contributed by atoms with Crippen LogP contribution in [0, 0.1) is 0 Å². The minimum atomic E-state index is -0.917. The van der Waals surface area contributed by atoms with Crippen LogP contribution in [0.4, 0.5) is 0 Å². The topological polar surface area (TPSA) is 56.8 Å². The fourth-order valence-corrected chi connectivity index (χ4v) is 2.10. The Morgan fingerprint density at radius 2 is 2.06 bits per heavy atom. The number of benzene rings is 1. The second-order valence-electron chi connectivity index (χ2n) is 4.10. The van der Waals surface area contributed by atoms with Crippen molar-refractivity contribution in [2.75, 3.05) is 34.0 Å². The summed E-state index contributed by atoms with van der Waals surface area (Å²) in [6.45, 7) is 1.47. The van der Waals surface area contributed by atoms with Gasteiger partial charge in [-0.3, -0.25) is 5.32 Å². The summed E-state index contributed by atoms with van der Waals surface area (Å²) in [7, 11) is 2.98. The van der Waals surface area contributed by atoms with Crippen LogP contribution in [-0.2, 0) is 19.8 Å². The second-order valence-corrected chi connectivity index (χ2v) is 4.10. The zero-order valence-corrected chi connectivity index (χ0v) is 10.6. The number of hydrogen-bond acceptors (Lipinski definition) is 5. The third kappa shape index (κ3) is 2.19. The number of methoxy groups -OCH3 is 2. The first-order valence-electron chi connectivity index (χ1n) is 5.78. The van der Waals surface area contributed by atoms with Gasteiger partial charge in [0.05, 0.1) is 27.4 Å². The third-order valence-electron chi connectivity index (χ3n) is 3.11. The van der Waals surface area contributed by atoms with Crippen LogP contribution in [0.2, 0.25) is 0 Å². The maximum absolute atomic E-state index is 12.0. The minimum absolute atomic E-state index is 0.270. The van der Waals surface area contributed by atoms with E-state index in [0.29, 0.717) is 13.2 Å². The number of carbonyl (C=O) groups excluding carboxylic acids is 1. The Hall–Kier alpha value is -1.59. The van der Waals surface area contributed by atoms with Crippen LogP contribution < -0.4 is 10.1 Å². The molecule has 0 saturated carbocycles. The predicted octanol–water partition coefficient (Wildman–Crippen LogP) is 0.683. The molecular weight excluding hydrogens is 234 g/mol. The monoisotopic (exact) mass is 251 g/mol. The van der Waals surface area contributed by atoms with Gasteiger partial charge >= 0.3 is 5.97 Å². The summed E-state index contributed by atoms with van der Waals surface area (Å²) in [5.41, 5.74) is -0.103. The van der Waals surface area contributed by atoms with Crippen molar-refractivity contribution in [1.82, 2.24) is 5.32 Å². The molecule has 0 aromatic heterocycles. The van der Waals surface area contributed by atoms with Crippen molar-refractivity contribution in [3.63, 3.8) is 0 Å². The Labute approximate surface area is 106 Å². The highest BCUT2D eigenvalue weighted by Gasteiger charge is 2.43. The van der Waals surface area contributed by atoms with Crippen molar-refractivity contribution in [2.24, 2.45) is 0 Å². The maximum atomic E-state index is 12.0. The van der Waals surface area contributed by atoms with Crippen molar-refractivity contribution in [2.45, 2.75) is 5.54 Å². The standard InChI is InChI=1S/C13H17NO4/c1-16-11-5-3-10(4-6-11)13(12(15)17-2)9-18-8-7-14-13/h3-6,14H,7-9H2,1-2H3. The molecule has 1 unspecified atom stereocenters. The lowest BCUT2D eigenvalue weighted by atomic mass is 9.89. The summed E-state index contributed by atoms with van der Waals surface area (Å²) in [5.74, 6) is 0.405. The highest BCUT2D eigenvalue weighted by Crippen LogP contribution is 2.27. The first kappa shape index (κ1) is 12.9. The van der Waals surface area contributed by atoms with Gasteiger partial charge in [-0.05, 0) is 17.7 Å². The van der Waals surface area contributed by atoms with Gasteiger partial charge in [-0.2, -0.15) is 0 Å². The van der Waals surface area contributed by atoms with Crippen molar-refractivity contribution in [3.8, 4) is 5.75 Å². The summed E-state index contributed by atoms with van der Waals surface area (Å²) in [5, 5.41) is 3.20. The fraction of sp³-hybridized carbons (Fsp3) is 0.462. The maximum Gasteiger partial charge on any atom is 0.333 e. The van der Waals surface area contributed by atoms with Crippen LogP contribution in [0.5, 0.6) is 5.75 Å². The molecule has 1 fully saturated rings. The Morgan fingerprint density at radius 3 is 2.56 bits per heavy atom. The zero-order valence-electron chi connectivity index (χ0n) is 10.6. The van der Waals surface area contributed by atoms with Crippen molar-refractivity contribution in [3.05, 3.63) is 29.8 Å². The van der Waals surface area contributed by atoms with Crippen molar-refractivity contribution < 1.29 is 19.0 Å². The summed E-state index contributed by atoms with van der Waals surface area (Å²) < 4.78 is 15.4. The molecule has 1 saturated heterocycles. The Morgan fingerprint density at radius 1 is 1.33 bits per heavy atom. The highest BCUT2D eigenvalue weighted by molar-refractivity contribution is 5.83. The van der Waals surface area contributed by atoms with Gasteiger partial charge in [-0.1, -0.05) is 12.1 Å². The van der Waals surface area contributed by atoms with Crippen LogP contribution in [0.1, 0.15) is 5.56 Å². The third-order valence-corrected chi connectivity index (χ3v) is 3.11. The van der Waals surface area contributed by atoms with Gasteiger partial charge in [0.2, 0.25) is 0 Å². The molecule has 5 heteroatoms. The number of carbonyl (C=O) groups is 1. The van der Waals surface area contributed by atoms with E-state index in [0.717, 1.165) is 11.3 Å². The number of esters is 1. The van der Waals surface area contributed by atoms with Crippen LogP contribution in [0.3, 0.4) is 0 Å². The SMILES string of the molecule is COC(=O)C1(c2ccc(OC)cc2)COCCN1. The average molecular weight is 251 g/mol. The largest absolute Gasteiger partial charge is 0.497 e. The average Bonchev–Trinajstić information content (AvgIpc) is 2.47. The number of rotatable bonds is 3. The first-order valence-corrected chi connectivity index (χ1v) is 5.78. The molecule has 0 radical (unpaired) electrons. The number of morpholine rings is 1. The summed E-state index contributed by atoms with van der Waals surface area (Å²) in [6.07, 6.45) is 0. The van der Waals surface area contributed by atoms with E-state index in [9.17, 15) is 4.79 Å². The number of ether oxygens (including phenoxy) is 3. The molecule has 1 aromatic carbocycles. The molecule has 0 aliphatic carbocycles. The van der Waals surface area contributed by atoms with Crippen LogP contribution >= 0.6 is 0 Å². The van der Waals surface area contributed by atoms with Crippen molar-refractivity contribution in [1.29, 1.82) is 0 Å². The van der Waals surface area contributed by atoms with Crippen molar-refractivity contribution >= 4 is 5.97 Å². The molecule has 1 aliphatic heterocycles. The fourth-order valence-electron chi connectivity index (χ4n) is 2.10. The highest BCUT2D eigenvalue weighted by atomic mass is 16.5. The molecule has 1 N–H and O–H groups in total. The van der Waals surface area contributed by atoms with Gasteiger partial charge in [0.15, 0.2) is 5.54 Å². The van der Waals surface area contributed by atoms with Gasteiger partial charge in [0, 0.05) is 6.54 Å². The normalized spacial score (nSPS) is 23.4. The minimum Gasteiger partial charge on any atom is -0.497 e. The lowest BCUT2D eigenvalue weighted by Gasteiger charge is -2.35. The molecule has 0 bridgehead atoms. The molecule has 1 atom stereocenters. The number of hydrogen-bond donors (Lipinski definition) is 1. The lowest BCUT2D eigenvalue weighted by molar-refractivity contribution is -0.154. The molecule has 1 heterocycles. The van der Waals surface area contributed by atoms with E-state index in [-0.39, 0.29) is 12.6 Å². The molecule has 98 valence electrons. The Balaban J connectivity index is 2.35. The van der Waals surface area contributed by atoms with Crippen LogP contribution in [0.25, 0.3) is 0 Å². The van der Waals surface area contributed by atoms with E-state index in [1.807, 2.05) is 24.3 Å².